The fourth-order valence-corrected chi connectivity index (χ4v) is 2.05. The zero-order valence-electron chi connectivity index (χ0n) is 11.2. The van der Waals surface area contributed by atoms with Crippen LogP contribution in [0.1, 0.15) is 18.2 Å². The molecule has 0 aliphatic carbocycles. The average molecular weight is 260 g/mol. The Balaban J connectivity index is 2.43. The fraction of sp³-hybridized carbons (Fsp3) is 0.308. The van der Waals surface area contributed by atoms with Crippen LogP contribution >= 0.6 is 0 Å². The zero-order chi connectivity index (χ0) is 14.0. The number of nitro groups is 1. The van der Waals surface area contributed by atoms with Crippen molar-refractivity contribution in [1.29, 1.82) is 0 Å². The molecule has 0 saturated carbocycles. The summed E-state index contributed by atoms with van der Waals surface area (Å²) in [6.45, 7) is 3.73. The average Bonchev–Trinajstić information content (AvgIpc) is 2.69. The zero-order valence-corrected chi connectivity index (χ0v) is 11.2. The van der Waals surface area contributed by atoms with Gasteiger partial charge in [-0.3, -0.25) is 14.8 Å². The number of aryl methyl sites for hydroxylation is 3. The number of rotatable bonds is 4. The summed E-state index contributed by atoms with van der Waals surface area (Å²) in [7, 11) is 1.83. The molecule has 0 atom stereocenters. The van der Waals surface area contributed by atoms with Crippen molar-refractivity contribution < 1.29 is 4.92 Å². The molecule has 1 heterocycles. The van der Waals surface area contributed by atoms with Gasteiger partial charge in [-0.1, -0.05) is 19.1 Å². The highest BCUT2D eigenvalue weighted by atomic mass is 16.6. The lowest BCUT2D eigenvalue weighted by molar-refractivity contribution is -0.384. The summed E-state index contributed by atoms with van der Waals surface area (Å²) < 4.78 is 1.70. The molecule has 0 spiro atoms. The van der Waals surface area contributed by atoms with Crippen LogP contribution in [0.2, 0.25) is 0 Å². The van der Waals surface area contributed by atoms with Gasteiger partial charge in [0.1, 0.15) is 5.69 Å². The number of nitro benzene ring substituents is 1. The summed E-state index contributed by atoms with van der Waals surface area (Å²) in [4.78, 5) is 10.8. The molecular weight excluding hydrogens is 244 g/mol. The van der Waals surface area contributed by atoms with Crippen LogP contribution in [0.4, 0.5) is 17.1 Å². The van der Waals surface area contributed by atoms with Gasteiger partial charge in [-0.05, 0) is 19.4 Å². The lowest BCUT2D eigenvalue weighted by Crippen LogP contribution is -2.00. The molecular formula is C13H16N4O2. The van der Waals surface area contributed by atoms with E-state index in [-0.39, 0.29) is 10.6 Å². The number of aromatic nitrogens is 2. The van der Waals surface area contributed by atoms with E-state index in [9.17, 15) is 10.1 Å². The van der Waals surface area contributed by atoms with Crippen LogP contribution in [0.3, 0.4) is 0 Å². The van der Waals surface area contributed by atoms with E-state index in [1.807, 2.05) is 20.2 Å². The number of para-hydroxylation sites is 1. The lowest BCUT2D eigenvalue weighted by atomic mass is 10.1. The minimum Gasteiger partial charge on any atom is -0.347 e. The van der Waals surface area contributed by atoms with Gasteiger partial charge in [0.25, 0.3) is 5.69 Å². The van der Waals surface area contributed by atoms with E-state index in [0.717, 1.165) is 17.8 Å². The highest BCUT2D eigenvalue weighted by Gasteiger charge is 2.18. The quantitative estimate of drug-likeness (QED) is 0.677. The maximum absolute atomic E-state index is 11.1. The predicted molar refractivity (Wildman–Crippen MR) is 73.7 cm³/mol. The lowest BCUT2D eigenvalue weighted by Gasteiger charge is -2.07. The molecule has 1 aromatic heterocycles. The van der Waals surface area contributed by atoms with Gasteiger partial charge in [0, 0.05) is 18.8 Å². The fourth-order valence-electron chi connectivity index (χ4n) is 2.05. The van der Waals surface area contributed by atoms with Crippen molar-refractivity contribution in [2.75, 3.05) is 5.32 Å². The number of benzene rings is 1. The first-order valence-corrected chi connectivity index (χ1v) is 6.06. The van der Waals surface area contributed by atoms with E-state index < -0.39 is 0 Å². The summed E-state index contributed by atoms with van der Waals surface area (Å²) in [6.07, 6.45) is 2.59. The Morgan fingerprint density at radius 2 is 2.16 bits per heavy atom. The maximum atomic E-state index is 11.1. The molecule has 2 rings (SSSR count). The van der Waals surface area contributed by atoms with Crippen molar-refractivity contribution in [2.24, 2.45) is 7.05 Å². The second-order valence-corrected chi connectivity index (χ2v) is 4.37. The van der Waals surface area contributed by atoms with Crippen LogP contribution < -0.4 is 5.32 Å². The summed E-state index contributed by atoms with van der Waals surface area (Å²) in [5.41, 5.74) is 2.93. The minimum absolute atomic E-state index is 0.105. The van der Waals surface area contributed by atoms with Crippen molar-refractivity contribution in [3.8, 4) is 0 Å². The van der Waals surface area contributed by atoms with Gasteiger partial charge in [0.15, 0.2) is 0 Å². The molecule has 100 valence electrons. The molecule has 0 fully saturated rings. The molecule has 2 aromatic rings. The van der Waals surface area contributed by atoms with Crippen molar-refractivity contribution in [3.63, 3.8) is 0 Å². The van der Waals surface area contributed by atoms with Gasteiger partial charge in [-0.15, -0.1) is 0 Å². The highest BCUT2D eigenvalue weighted by Crippen LogP contribution is 2.31. The van der Waals surface area contributed by atoms with E-state index in [4.69, 9.17) is 0 Å². The van der Waals surface area contributed by atoms with Crippen molar-refractivity contribution in [3.05, 3.63) is 45.8 Å². The van der Waals surface area contributed by atoms with Crippen LogP contribution in [0, 0.1) is 17.0 Å². The van der Waals surface area contributed by atoms with Gasteiger partial charge >= 0.3 is 0 Å². The van der Waals surface area contributed by atoms with Crippen molar-refractivity contribution in [1.82, 2.24) is 9.78 Å². The van der Waals surface area contributed by atoms with Crippen LogP contribution in [0.5, 0.6) is 0 Å². The SMILES string of the molecule is CCc1nn(C)cc1Nc1cccc(C)c1[N+](=O)[O-]. The molecule has 6 heteroatoms. The maximum Gasteiger partial charge on any atom is 0.295 e. The standard InChI is InChI=1S/C13H16N4O2/c1-4-10-12(8-16(3)15-10)14-11-7-5-6-9(2)13(11)17(18)19/h5-8,14H,4H2,1-3H3. The van der Waals surface area contributed by atoms with Gasteiger partial charge in [0.05, 0.1) is 16.3 Å². The van der Waals surface area contributed by atoms with E-state index in [2.05, 4.69) is 10.4 Å². The number of hydrogen-bond acceptors (Lipinski definition) is 4. The summed E-state index contributed by atoms with van der Waals surface area (Å²) in [5, 5.41) is 18.6. The molecule has 0 amide bonds. The Hall–Kier alpha value is -2.37. The topological polar surface area (TPSA) is 73.0 Å². The second-order valence-electron chi connectivity index (χ2n) is 4.37. The third-order valence-corrected chi connectivity index (χ3v) is 2.93. The van der Waals surface area contributed by atoms with E-state index in [1.165, 1.54) is 0 Å². The molecule has 0 aliphatic rings. The third kappa shape index (κ3) is 2.57. The van der Waals surface area contributed by atoms with Gasteiger partial charge in [0.2, 0.25) is 0 Å². The summed E-state index contributed by atoms with van der Waals surface area (Å²) in [6, 6.07) is 5.23. The second kappa shape index (κ2) is 5.09. The first-order chi connectivity index (χ1) is 9.02. The summed E-state index contributed by atoms with van der Waals surface area (Å²) in [5.74, 6) is 0. The molecule has 1 aromatic carbocycles. The van der Waals surface area contributed by atoms with Gasteiger partial charge in [-0.25, -0.2) is 0 Å². The smallest absolute Gasteiger partial charge is 0.295 e. The molecule has 0 radical (unpaired) electrons. The van der Waals surface area contributed by atoms with E-state index in [1.54, 1.807) is 29.8 Å². The minimum atomic E-state index is -0.361. The predicted octanol–water partition coefficient (Wildman–Crippen LogP) is 2.94. The molecule has 1 N–H and O–H groups in total. The number of anilines is 2. The number of hydrogen-bond donors (Lipinski definition) is 1. The van der Waals surface area contributed by atoms with Crippen LogP contribution in [0.25, 0.3) is 0 Å². The third-order valence-electron chi connectivity index (χ3n) is 2.93. The molecule has 0 bridgehead atoms. The largest absolute Gasteiger partial charge is 0.347 e. The summed E-state index contributed by atoms with van der Waals surface area (Å²) >= 11 is 0. The Kier molecular flexibility index (Phi) is 3.50. The Bertz CT molecular complexity index is 619. The van der Waals surface area contributed by atoms with Crippen LogP contribution in [0.15, 0.2) is 24.4 Å². The Morgan fingerprint density at radius 1 is 1.42 bits per heavy atom. The molecule has 19 heavy (non-hydrogen) atoms. The highest BCUT2D eigenvalue weighted by molar-refractivity contribution is 5.72. The van der Waals surface area contributed by atoms with Crippen LogP contribution in [-0.2, 0) is 13.5 Å². The van der Waals surface area contributed by atoms with Crippen molar-refractivity contribution in [2.45, 2.75) is 20.3 Å². The molecule has 0 saturated heterocycles. The number of nitrogens with zero attached hydrogens (tertiary/aromatic N) is 3. The van der Waals surface area contributed by atoms with Crippen LogP contribution in [-0.4, -0.2) is 14.7 Å². The first kappa shape index (κ1) is 13.1. The number of nitrogens with one attached hydrogen (secondary N) is 1. The monoisotopic (exact) mass is 260 g/mol. The van der Waals surface area contributed by atoms with Gasteiger partial charge < -0.3 is 5.32 Å². The molecule has 0 unspecified atom stereocenters. The Labute approximate surface area is 111 Å². The van der Waals surface area contributed by atoms with Crippen molar-refractivity contribution >= 4 is 17.1 Å². The molecule has 0 aliphatic heterocycles. The Morgan fingerprint density at radius 3 is 2.79 bits per heavy atom. The van der Waals surface area contributed by atoms with Gasteiger partial charge in [-0.2, -0.15) is 5.10 Å². The molecule has 6 nitrogen and oxygen atoms in total. The normalized spacial score (nSPS) is 10.5. The van der Waals surface area contributed by atoms with E-state index in [0.29, 0.717) is 11.3 Å². The first-order valence-electron chi connectivity index (χ1n) is 6.06. The van der Waals surface area contributed by atoms with E-state index >= 15 is 0 Å².